The van der Waals surface area contributed by atoms with Gasteiger partial charge in [0.05, 0.1) is 19.4 Å². The van der Waals surface area contributed by atoms with Gasteiger partial charge in [0, 0.05) is 11.8 Å². The van der Waals surface area contributed by atoms with E-state index in [1.165, 1.54) is 6.33 Å². The molecule has 0 spiro atoms. The second-order valence-electron chi connectivity index (χ2n) is 6.80. The predicted molar refractivity (Wildman–Crippen MR) is 118 cm³/mol. The molecule has 4 rings (SSSR count). The van der Waals surface area contributed by atoms with Crippen molar-refractivity contribution < 1.29 is 19.0 Å². The highest BCUT2D eigenvalue weighted by atomic mass is 16.5. The van der Waals surface area contributed by atoms with Crippen LogP contribution < -0.4 is 9.47 Å². The average Bonchev–Trinajstić information content (AvgIpc) is 3.29. The minimum absolute atomic E-state index is 0.262. The molecule has 0 bridgehead atoms. The van der Waals surface area contributed by atoms with Gasteiger partial charge in [0.2, 0.25) is 0 Å². The quantitative estimate of drug-likeness (QED) is 0.416. The summed E-state index contributed by atoms with van der Waals surface area (Å²) in [4.78, 5) is 20.7. The lowest BCUT2D eigenvalue weighted by atomic mass is 10.0. The Balaban J connectivity index is 1.59. The molecule has 0 aliphatic carbocycles. The van der Waals surface area contributed by atoms with Gasteiger partial charge in [0.15, 0.2) is 5.69 Å². The van der Waals surface area contributed by atoms with Crippen molar-refractivity contribution in [2.45, 2.75) is 13.5 Å². The van der Waals surface area contributed by atoms with Crippen LogP contribution in [0.2, 0.25) is 0 Å². The first-order valence-corrected chi connectivity index (χ1v) is 10.1. The molecule has 2 aromatic heterocycles. The van der Waals surface area contributed by atoms with Crippen LogP contribution in [0.25, 0.3) is 22.5 Å². The van der Waals surface area contributed by atoms with E-state index in [0.29, 0.717) is 29.3 Å². The average molecular weight is 430 g/mol. The first-order valence-electron chi connectivity index (χ1n) is 10.1. The molecule has 32 heavy (non-hydrogen) atoms. The Morgan fingerprint density at radius 1 is 1.00 bits per heavy atom. The Hall–Kier alpha value is -4.20. The first kappa shape index (κ1) is 21.0. The van der Waals surface area contributed by atoms with Crippen LogP contribution in [0.1, 0.15) is 23.0 Å². The van der Waals surface area contributed by atoms with Gasteiger partial charge in [-0.2, -0.15) is 5.10 Å². The Morgan fingerprint density at radius 3 is 2.41 bits per heavy atom. The number of aromatic amines is 1. The standard InChI is InChI=1S/C24H22N4O4/c1-3-31-24(29)23-21(22(27-28-23)20-12-13-25-15-26-20)17-6-10-19(11-7-17)32-14-16-4-8-18(30-2)9-5-16/h4-13,15H,3,14H2,1-2H3,(H,27,28). The molecular weight excluding hydrogens is 408 g/mol. The fourth-order valence-corrected chi connectivity index (χ4v) is 3.20. The summed E-state index contributed by atoms with van der Waals surface area (Å²) in [6.07, 6.45) is 3.06. The highest BCUT2D eigenvalue weighted by Gasteiger charge is 2.23. The van der Waals surface area contributed by atoms with Crippen LogP contribution in [0.5, 0.6) is 11.5 Å². The number of methoxy groups -OCH3 is 1. The van der Waals surface area contributed by atoms with Crippen LogP contribution in [0.4, 0.5) is 0 Å². The van der Waals surface area contributed by atoms with Crippen molar-refractivity contribution in [2.24, 2.45) is 0 Å². The van der Waals surface area contributed by atoms with Crippen molar-refractivity contribution in [2.75, 3.05) is 13.7 Å². The topological polar surface area (TPSA) is 99.2 Å². The maximum Gasteiger partial charge on any atom is 0.357 e. The van der Waals surface area contributed by atoms with Gasteiger partial charge in [-0.15, -0.1) is 0 Å². The molecule has 0 aliphatic heterocycles. The smallest absolute Gasteiger partial charge is 0.357 e. The van der Waals surface area contributed by atoms with Crippen molar-refractivity contribution in [3.05, 3.63) is 78.4 Å². The molecule has 8 heteroatoms. The Labute approximate surface area is 185 Å². The molecule has 4 aromatic rings. The number of ether oxygens (including phenoxy) is 3. The zero-order valence-electron chi connectivity index (χ0n) is 17.7. The zero-order valence-corrected chi connectivity index (χ0v) is 17.7. The lowest BCUT2D eigenvalue weighted by Gasteiger charge is -2.09. The summed E-state index contributed by atoms with van der Waals surface area (Å²) < 4.78 is 16.3. The summed E-state index contributed by atoms with van der Waals surface area (Å²) >= 11 is 0. The molecule has 0 aliphatic rings. The van der Waals surface area contributed by atoms with Gasteiger partial charge in [-0.3, -0.25) is 5.10 Å². The number of benzene rings is 2. The van der Waals surface area contributed by atoms with Crippen LogP contribution in [0.15, 0.2) is 67.1 Å². The van der Waals surface area contributed by atoms with Gasteiger partial charge in [-0.1, -0.05) is 24.3 Å². The molecular formula is C24H22N4O4. The molecule has 1 N–H and O–H groups in total. The lowest BCUT2D eigenvalue weighted by molar-refractivity contribution is 0.0520. The molecule has 0 fully saturated rings. The van der Waals surface area contributed by atoms with Gasteiger partial charge >= 0.3 is 5.97 Å². The van der Waals surface area contributed by atoms with Crippen molar-refractivity contribution in [1.82, 2.24) is 20.2 Å². The minimum atomic E-state index is -0.477. The zero-order chi connectivity index (χ0) is 22.3. The molecule has 0 saturated heterocycles. The number of nitrogens with one attached hydrogen (secondary N) is 1. The van der Waals surface area contributed by atoms with Crippen LogP contribution in [0.3, 0.4) is 0 Å². The molecule has 0 radical (unpaired) electrons. The monoisotopic (exact) mass is 430 g/mol. The van der Waals surface area contributed by atoms with Gasteiger partial charge in [-0.05, 0) is 48.4 Å². The molecule has 0 atom stereocenters. The van der Waals surface area contributed by atoms with Gasteiger partial charge in [-0.25, -0.2) is 14.8 Å². The number of rotatable bonds is 8. The van der Waals surface area contributed by atoms with E-state index in [4.69, 9.17) is 14.2 Å². The van der Waals surface area contributed by atoms with Gasteiger partial charge in [0.1, 0.15) is 30.1 Å². The number of hydrogen-bond donors (Lipinski definition) is 1. The number of nitrogens with zero attached hydrogens (tertiary/aromatic N) is 3. The van der Waals surface area contributed by atoms with E-state index in [1.807, 2.05) is 48.5 Å². The summed E-state index contributed by atoms with van der Waals surface area (Å²) in [6.45, 7) is 2.45. The maximum absolute atomic E-state index is 12.5. The number of H-pyrrole nitrogens is 1. The molecule has 2 aromatic carbocycles. The highest BCUT2D eigenvalue weighted by Crippen LogP contribution is 2.33. The third-order valence-electron chi connectivity index (χ3n) is 4.78. The number of carbonyl (C=O) groups excluding carboxylic acids is 1. The van der Waals surface area contributed by atoms with Crippen LogP contribution >= 0.6 is 0 Å². The third kappa shape index (κ3) is 4.59. The van der Waals surface area contributed by atoms with E-state index in [0.717, 1.165) is 16.9 Å². The van der Waals surface area contributed by atoms with Crippen molar-refractivity contribution >= 4 is 5.97 Å². The first-order chi connectivity index (χ1) is 15.7. The summed E-state index contributed by atoms with van der Waals surface area (Å²) in [6, 6.07) is 16.9. The number of aromatic nitrogens is 4. The van der Waals surface area contributed by atoms with E-state index in [-0.39, 0.29) is 12.3 Å². The SMILES string of the molecule is CCOC(=O)c1[nH]nc(-c2ccncn2)c1-c1ccc(OCc2ccc(OC)cc2)cc1. The summed E-state index contributed by atoms with van der Waals surface area (Å²) in [7, 11) is 1.64. The molecule has 0 amide bonds. The van der Waals surface area contributed by atoms with E-state index in [9.17, 15) is 4.79 Å². The molecule has 0 saturated carbocycles. The molecule has 2 heterocycles. The summed E-state index contributed by atoms with van der Waals surface area (Å²) in [5, 5.41) is 7.12. The Bertz CT molecular complexity index is 1170. The largest absolute Gasteiger partial charge is 0.497 e. The predicted octanol–water partition coefficient (Wildman–Crippen LogP) is 4.30. The molecule has 162 valence electrons. The van der Waals surface area contributed by atoms with Crippen LogP contribution in [-0.4, -0.2) is 39.9 Å². The maximum atomic E-state index is 12.5. The summed E-state index contributed by atoms with van der Waals surface area (Å²) in [5.74, 6) is 1.03. The fourth-order valence-electron chi connectivity index (χ4n) is 3.20. The third-order valence-corrected chi connectivity index (χ3v) is 4.78. The van der Waals surface area contributed by atoms with Crippen molar-refractivity contribution in [3.63, 3.8) is 0 Å². The highest BCUT2D eigenvalue weighted by molar-refractivity contribution is 5.99. The van der Waals surface area contributed by atoms with Crippen LogP contribution in [0, 0.1) is 0 Å². The molecule has 0 unspecified atom stereocenters. The minimum Gasteiger partial charge on any atom is -0.497 e. The Kier molecular flexibility index (Phi) is 6.41. The number of hydrogen-bond acceptors (Lipinski definition) is 7. The van der Waals surface area contributed by atoms with Crippen molar-refractivity contribution in [1.29, 1.82) is 0 Å². The van der Waals surface area contributed by atoms with E-state index in [2.05, 4.69) is 20.2 Å². The van der Waals surface area contributed by atoms with E-state index in [1.54, 1.807) is 26.3 Å². The molecule has 8 nitrogen and oxygen atoms in total. The normalized spacial score (nSPS) is 10.6. The lowest BCUT2D eigenvalue weighted by Crippen LogP contribution is -2.06. The van der Waals surface area contributed by atoms with Crippen molar-refractivity contribution in [3.8, 4) is 34.0 Å². The second-order valence-corrected chi connectivity index (χ2v) is 6.80. The van der Waals surface area contributed by atoms with Gasteiger partial charge < -0.3 is 14.2 Å². The van der Waals surface area contributed by atoms with E-state index >= 15 is 0 Å². The van der Waals surface area contributed by atoms with E-state index < -0.39 is 5.97 Å². The fraction of sp³-hybridized carbons (Fsp3) is 0.167. The number of esters is 1. The second kappa shape index (κ2) is 9.74. The summed E-state index contributed by atoms with van der Waals surface area (Å²) in [5.41, 5.74) is 3.84. The van der Waals surface area contributed by atoms with Crippen LogP contribution in [-0.2, 0) is 11.3 Å². The van der Waals surface area contributed by atoms with Gasteiger partial charge in [0.25, 0.3) is 0 Å². The number of carbonyl (C=O) groups is 1. The Morgan fingerprint density at radius 2 is 1.75 bits per heavy atom.